The topological polar surface area (TPSA) is 70.0 Å². The van der Waals surface area contributed by atoms with Gasteiger partial charge in [0.05, 0.1) is 5.60 Å². The standard InChI is InChI=1S/C15H21NO4/c1-11-3-4-12(9-13(11)17)14(18)16(2)10-15(19)5-7-20-8-6-15/h3-4,9,17,19H,5-8,10H2,1-2H3. The van der Waals surface area contributed by atoms with Gasteiger partial charge in [-0.3, -0.25) is 4.79 Å². The molecule has 1 heterocycles. The van der Waals surface area contributed by atoms with E-state index in [1.54, 1.807) is 26.1 Å². The minimum absolute atomic E-state index is 0.106. The third-order valence-electron chi connectivity index (χ3n) is 3.76. The molecule has 1 fully saturated rings. The van der Waals surface area contributed by atoms with Crippen molar-refractivity contribution in [3.63, 3.8) is 0 Å². The number of hydrogen-bond donors (Lipinski definition) is 2. The molecule has 1 aliphatic rings. The Labute approximate surface area is 118 Å². The first-order valence-corrected chi connectivity index (χ1v) is 6.76. The van der Waals surface area contributed by atoms with Crippen molar-refractivity contribution in [3.05, 3.63) is 29.3 Å². The molecule has 1 amide bonds. The number of carbonyl (C=O) groups is 1. The highest BCUT2D eigenvalue weighted by Gasteiger charge is 2.32. The highest BCUT2D eigenvalue weighted by Crippen LogP contribution is 2.23. The second-order valence-electron chi connectivity index (χ2n) is 5.50. The molecule has 1 aromatic carbocycles. The highest BCUT2D eigenvalue weighted by atomic mass is 16.5. The smallest absolute Gasteiger partial charge is 0.253 e. The molecule has 110 valence electrons. The Kier molecular flexibility index (Phi) is 4.30. The van der Waals surface area contributed by atoms with E-state index >= 15 is 0 Å². The maximum atomic E-state index is 12.3. The zero-order chi connectivity index (χ0) is 14.8. The van der Waals surface area contributed by atoms with Crippen molar-refractivity contribution in [2.24, 2.45) is 0 Å². The number of aromatic hydroxyl groups is 1. The molecule has 2 rings (SSSR count). The Bertz CT molecular complexity index is 495. The summed E-state index contributed by atoms with van der Waals surface area (Å²) in [5.74, 6) is -0.103. The fraction of sp³-hybridized carbons (Fsp3) is 0.533. The highest BCUT2D eigenvalue weighted by molar-refractivity contribution is 5.94. The van der Waals surface area contributed by atoms with Gasteiger partial charge in [-0.05, 0) is 24.6 Å². The molecule has 2 N–H and O–H groups in total. The van der Waals surface area contributed by atoms with Crippen LogP contribution in [0.4, 0.5) is 0 Å². The van der Waals surface area contributed by atoms with Crippen LogP contribution in [0, 0.1) is 6.92 Å². The molecule has 1 aliphatic heterocycles. The quantitative estimate of drug-likeness (QED) is 0.875. The second kappa shape index (κ2) is 5.81. The first-order chi connectivity index (χ1) is 9.41. The lowest BCUT2D eigenvalue weighted by Gasteiger charge is -2.35. The Morgan fingerprint density at radius 3 is 2.65 bits per heavy atom. The summed E-state index contributed by atoms with van der Waals surface area (Å²) >= 11 is 0. The Balaban J connectivity index is 2.06. The van der Waals surface area contributed by atoms with Crippen molar-refractivity contribution < 1.29 is 19.7 Å². The van der Waals surface area contributed by atoms with Crippen LogP contribution in [-0.4, -0.2) is 53.4 Å². The Morgan fingerprint density at radius 1 is 1.40 bits per heavy atom. The van der Waals surface area contributed by atoms with Crippen LogP contribution in [-0.2, 0) is 4.74 Å². The number of phenols is 1. The molecule has 0 unspecified atom stereocenters. The number of phenolic OH excluding ortho intramolecular Hbond substituents is 1. The van der Waals surface area contributed by atoms with Gasteiger partial charge in [0.15, 0.2) is 0 Å². The van der Waals surface area contributed by atoms with Crippen LogP contribution in [0.5, 0.6) is 5.75 Å². The molecule has 0 atom stereocenters. The van der Waals surface area contributed by atoms with Gasteiger partial charge in [0.1, 0.15) is 5.75 Å². The molecule has 5 heteroatoms. The summed E-state index contributed by atoms with van der Waals surface area (Å²) in [6, 6.07) is 4.85. The average Bonchev–Trinajstić information content (AvgIpc) is 2.41. The van der Waals surface area contributed by atoms with E-state index in [1.165, 1.54) is 11.0 Å². The zero-order valence-electron chi connectivity index (χ0n) is 11.9. The van der Waals surface area contributed by atoms with Gasteiger partial charge in [0.2, 0.25) is 0 Å². The van der Waals surface area contributed by atoms with E-state index in [0.29, 0.717) is 31.6 Å². The maximum absolute atomic E-state index is 12.3. The number of likely N-dealkylation sites (N-methyl/N-ethyl adjacent to an activating group) is 1. The summed E-state index contributed by atoms with van der Waals surface area (Å²) in [4.78, 5) is 13.8. The first kappa shape index (κ1) is 14.8. The van der Waals surface area contributed by atoms with E-state index in [9.17, 15) is 15.0 Å². The van der Waals surface area contributed by atoms with Crippen LogP contribution < -0.4 is 0 Å². The van der Waals surface area contributed by atoms with Crippen molar-refractivity contribution in [1.82, 2.24) is 4.90 Å². The largest absolute Gasteiger partial charge is 0.508 e. The van der Waals surface area contributed by atoms with Gasteiger partial charge < -0.3 is 19.8 Å². The molecule has 20 heavy (non-hydrogen) atoms. The van der Waals surface area contributed by atoms with E-state index in [-0.39, 0.29) is 18.2 Å². The van der Waals surface area contributed by atoms with Crippen LogP contribution in [0.25, 0.3) is 0 Å². The Morgan fingerprint density at radius 2 is 2.05 bits per heavy atom. The van der Waals surface area contributed by atoms with Gasteiger partial charge in [-0.1, -0.05) is 6.07 Å². The number of carbonyl (C=O) groups excluding carboxylic acids is 1. The maximum Gasteiger partial charge on any atom is 0.253 e. The van der Waals surface area contributed by atoms with E-state index in [0.717, 1.165) is 5.56 Å². The molecule has 5 nitrogen and oxygen atoms in total. The number of rotatable bonds is 3. The van der Waals surface area contributed by atoms with Gasteiger partial charge in [0.25, 0.3) is 5.91 Å². The van der Waals surface area contributed by atoms with E-state index in [4.69, 9.17) is 4.74 Å². The molecular formula is C15H21NO4. The van der Waals surface area contributed by atoms with Gasteiger partial charge in [0, 0.05) is 45.2 Å². The fourth-order valence-electron chi connectivity index (χ4n) is 2.39. The molecule has 0 saturated carbocycles. The lowest BCUT2D eigenvalue weighted by molar-refractivity contribution is -0.0734. The summed E-state index contributed by atoms with van der Waals surface area (Å²) in [7, 11) is 1.66. The van der Waals surface area contributed by atoms with Crippen LogP contribution in [0.2, 0.25) is 0 Å². The SMILES string of the molecule is Cc1ccc(C(=O)N(C)CC2(O)CCOCC2)cc1O. The van der Waals surface area contributed by atoms with Crippen molar-refractivity contribution >= 4 is 5.91 Å². The van der Waals surface area contributed by atoms with Crippen LogP contribution >= 0.6 is 0 Å². The minimum atomic E-state index is -0.880. The third-order valence-corrected chi connectivity index (χ3v) is 3.76. The summed E-state index contributed by atoms with van der Waals surface area (Å²) in [5.41, 5.74) is 0.272. The molecular weight excluding hydrogens is 258 g/mol. The molecule has 0 aliphatic carbocycles. The van der Waals surface area contributed by atoms with Crippen LogP contribution in [0.15, 0.2) is 18.2 Å². The second-order valence-corrected chi connectivity index (χ2v) is 5.50. The van der Waals surface area contributed by atoms with Gasteiger partial charge >= 0.3 is 0 Å². The van der Waals surface area contributed by atoms with Crippen LogP contribution in [0.3, 0.4) is 0 Å². The number of aryl methyl sites for hydroxylation is 1. The molecule has 1 aromatic rings. The minimum Gasteiger partial charge on any atom is -0.508 e. The summed E-state index contributed by atoms with van der Waals surface area (Å²) in [6.45, 7) is 3.08. The number of hydrogen-bond acceptors (Lipinski definition) is 4. The third kappa shape index (κ3) is 3.29. The summed E-state index contributed by atoms with van der Waals surface area (Å²) in [6.07, 6.45) is 1.06. The van der Waals surface area contributed by atoms with E-state index < -0.39 is 5.60 Å². The number of ether oxygens (including phenoxy) is 1. The Hall–Kier alpha value is -1.59. The number of nitrogens with zero attached hydrogens (tertiary/aromatic N) is 1. The molecule has 0 radical (unpaired) electrons. The predicted octanol–water partition coefficient (Wildman–Crippen LogP) is 1.31. The number of aliphatic hydroxyl groups is 1. The van der Waals surface area contributed by atoms with Crippen molar-refractivity contribution in [3.8, 4) is 5.75 Å². The fourth-order valence-corrected chi connectivity index (χ4v) is 2.39. The summed E-state index contributed by atoms with van der Waals surface area (Å²) < 4.78 is 5.22. The first-order valence-electron chi connectivity index (χ1n) is 6.76. The van der Waals surface area contributed by atoms with Crippen molar-refractivity contribution in [1.29, 1.82) is 0 Å². The van der Waals surface area contributed by atoms with Gasteiger partial charge in [-0.15, -0.1) is 0 Å². The normalized spacial score (nSPS) is 17.8. The lowest BCUT2D eigenvalue weighted by atomic mass is 9.93. The molecule has 0 bridgehead atoms. The molecule has 1 saturated heterocycles. The molecule has 0 aromatic heterocycles. The van der Waals surface area contributed by atoms with Crippen molar-refractivity contribution in [2.45, 2.75) is 25.4 Å². The molecule has 0 spiro atoms. The summed E-state index contributed by atoms with van der Waals surface area (Å²) in [5, 5.41) is 20.1. The van der Waals surface area contributed by atoms with Gasteiger partial charge in [-0.25, -0.2) is 0 Å². The van der Waals surface area contributed by atoms with Crippen LogP contribution in [0.1, 0.15) is 28.8 Å². The van der Waals surface area contributed by atoms with Gasteiger partial charge in [-0.2, -0.15) is 0 Å². The predicted molar refractivity (Wildman–Crippen MR) is 74.8 cm³/mol. The van der Waals surface area contributed by atoms with Crippen molar-refractivity contribution in [2.75, 3.05) is 26.8 Å². The number of benzene rings is 1. The zero-order valence-corrected chi connectivity index (χ0v) is 11.9. The lowest BCUT2D eigenvalue weighted by Crippen LogP contribution is -2.47. The van der Waals surface area contributed by atoms with E-state index in [1.807, 2.05) is 0 Å². The van der Waals surface area contributed by atoms with E-state index in [2.05, 4.69) is 0 Å². The monoisotopic (exact) mass is 279 g/mol. The average molecular weight is 279 g/mol. The number of amides is 1.